The first-order valence-electron chi connectivity index (χ1n) is 6.51. The van der Waals surface area contributed by atoms with Crippen molar-refractivity contribution in [3.05, 3.63) is 54.4 Å². The van der Waals surface area contributed by atoms with Gasteiger partial charge in [-0.2, -0.15) is 0 Å². The fourth-order valence-electron chi connectivity index (χ4n) is 1.99. The molecule has 5 nitrogen and oxygen atoms in total. The highest BCUT2D eigenvalue weighted by Gasteiger charge is 2.11. The van der Waals surface area contributed by atoms with Crippen molar-refractivity contribution in [3.63, 3.8) is 0 Å². The summed E-state index contributed by atoms with van der Waals surface area (Å²) in [7, 11) is 0. The van der Waals surface area contributed by atoms with Gasteiger partial charge in [0.2, 0.25) is 0 Å². The van der Waals surface area contributed by atoms with Crippen LogP contribution in [0.1, 0.15) is 16.9 Å². The van der Waals surface area contributed by atoms with E-state index in [-0.39, 0.29) is 5.69 Å². The van der Waals surface area contributed by atoms with E-state index in [1.54, 1.807) is 12.3 Å². The van der Waals surface area contributed by atoms with Crippen LogP contribution in [0.5, 0.6) is 0 Å². The van der Waals surface area contributed by atoms with E-state index in [4.69, 9.17) is 11.5 Å². The zero-order valence-electron chi connectivity index (χ0n) is 11.2. The molecule has 0 aliphatic rings. The number of carbonyl (C=O) groups excluding carboxylic acids is 1. The summed E-state index contributed by atoms with van der Waals surface area (Å²) in [5.41, 5.74) is 13.1. The van der Waals surface area contributed by atoms with Gasteiger partial charge in [0.1, 0.15) is 5.69 Å². The molecule has 0 spiro atoms. The van der Waals surface area contributed by atoms with Gasteiger partial charge in [-0.1, -0.05) is 18.2 Å². The summed E-state index contributed by atoms with van der Waals surface area (Å²) >= 11 is 0. The number of para-hydroxylation sites is 1. The van der Waals surface area contributed by atoms with Crippen LogP contribution in [0.3, 0.4) is 0 Å². The van der Waals surface area contributed by atoms with Crippen molar-refractivity contribution >= 4 is 17.3 Å². The largest absolute Gasteiger partial charge is 0.364 e. The SMILES string of the molecule is NCCCN(c1ccccc1)c1ccnc(C(N)=O)c1. The second kappa shape index (κ2) is 6.68. The van der Waals surface area contributed by atoms with Crippen molar-refractivity contribution in [2.45, 2.75) is 6.42 Å². The molecule has 104 valence electrons. The summed E-state index contributed by atoms with van der Waals surface area (Å²) in [5.74, 6) is -0.529. The number of nitrogens with two attached hydrogens (primary N) is 2. The molecule has 20 heavy (non-hydrogen) atoms. The van der Waals surface area contributed by atoms with E-state index < -0.39 is 5.91 Å². The Morgan fingerprint density at radius 3 is 2.55 bits per heavy atom. The Kier molecular flexibility index (Phi) is 4.68. The Labute approximate surface area is 118 Å². The lowest BCUT2D eigenvalue weighted by atomic mass is 10.2. The van der Waals surface area contributed by atoms with Crippen LogP contribution in [-0.2, 0) is 0 Å². The summed E-state index contributed by atoms with van der Waals surface area (Å²) in [6, 6.07) is 13.5. The summed E-state index contributed by atoms with van der Waals surface area (Å²) < 4.78 is 0. The normalized spacial score (nSPS) is 10.2. The van der Waals surface area contributed by atoms with Gasteiger partial charge < -0.3 is 16.4 Å². The molecule has 0 atom stereocenters. The second-order valence-corrected chi connectivity index (χ2v) is 4.39. The van der Waals surface area contributed by atoms with Crippen molar-refractivity contribution in [3.8, 4) is 0 Å². The third-order valence-electron chi connectivity index (χ3n) is 2.96. The molecular formula is C15H18N4O. The maximum absolute atomic E-state index is 11.2. The topological polar surface area (TPSA) is 85.2 Å². The Balaban J connectivity index is 2.36. The first kappa shape index (κ1) is 14.0. The second-order valence-electron chi connectivity index (χ2n) is 4.39. The highest BCUT2D eigenvalue weighted by Crippen LogP contribution is 2.25. The number of benzene rings is 1. The van der Waals surface area contributed by atoms with Crippen molar-refractivity contribution < 1.29 is 4.79 Å². The quantitative estimate of drug-likeness (QED) is 0.836. The van der Waals surface area contributed by atoms with E-state index in [0.717, 1.165) is 24.3 Å². The standard InChI is InChI=1S/C15H18N4O/c16-8-4-10-19(12-5-2-1-3-6-12)13-7-9-18-14(11-13)15(17)20/h1-3,5-7,9,11H,4,8,10,16H2,(H2,17,20). The predicted octanol–water partition coefficient (Wildman–Crippen LogP) is 1.67. The van der Waals surface area contributed by atoms with Gasteiger partial charge in [0.05, 0.1) is 0 Å². The number of hydrogen-bond donors (Lipinski definition) is 2. The van der Waals surface area contributed by atoms with Crippen LogP contribution in [-0.4, -0.2) is 24.0 Å². The zero-order valence-corrected chi connectivity index (χ0v) is 11.2. The number of pyridine rings is 1. The fraction of sp³-hybridized carbons (Fsp3) is 0.200. The first-order valence-corrected chi connectivity index (χ1v) is 6.51. The van der Waals surface area contributed by atoms with Gasteiger partial charge in [-0.25, -0.2) is 0 Å². The minimum Gasteiger partial charge on any atom is -0.364 e. The highest BCUT2D eigenvalue weighted by atomic mass is 16.1. The van der Waals surface area contributed by atoms with Crippen molar-refractivity contribution in [2.75, 3.05) is 18.0 Å². The van der Waals surface area contributed by atoms with Crippen molar-refractivity contribution in [1.82, 2.24) is 4.98 Å². The van der Waals surface area contributed by atoms with E-state index in [1.165, 1.54) is 0 Å². The fourth-order valence-corrected chi connectivity index (χ4v) is 1.99. The Hall–Kier alpha value is -2.40. The number of anilines is 2. The van der Waals surface area contributed by atoms with Crippen LogP contribution in [0, 0.1) is 0 Å². The molecule has 0 fully saturated rings. The number of amides is 1. The summed E-state index contributed by atoms with van der Waals surface area (Å²) in [5, 5.41) is 0. The number of carbonyl (C=O) groups is 1. The molecule has 1 amide bonds. The van der Waals surface area contributed by atoms with Crippen molar-refractivity contribution in [1.29, 1.82) is 0 Å². The van der Waals surface area contributed by atoms with Gasteiger partial charge in [-0.15, -0.1) is 0 Å². The molecule has 0 unspecified atom stereocenters. The Morgan fingerprint density at radius 2 is 1.90 bits per heavy atom. The molecule has 4 N–H and O–H groups in total. The lowest BCUT2D eigenvalue weighted by Crippen LogP contribution is -2.22. The van der Waals surface area contributed by atoms with Crippen LogP contribution < -0.4 is 16.4 Å². The van der Waals surface area contributed by atoms with Crippen LogP contribution in [0.15, 0.2) is 48.7 Å². The van der Waals surface area contributed by atoms with Gasteiger partial charge in [0.25, 0.3) is 5.91 Å². The first-order chi connectivity index (χ1) is 9.72. The number of rotatable bonds is 6. The molecule has 0 saturated carbocycles. The molecule has 0 saturated heterocycles. The van der Waals surface area contributed by atoms with E-state index >= 15 is 0 Å². The number of nitrogens with zero attached hydrogens (tertiary/aromatic N) is 2. The molecular weight excluding hydrogens is 252 g/mol. The summed E-state index contributed by atoms with van der Waals surface area (Å²) in [6.45, 7) is 1.37. The van der Waals surface area contributed by atoms with Crippen LogP contribution in [0.4, 0.5) is 11.4 Å². The average molecular weight is 270 g/mol. The van der Waals surface area contributed by atoms with E-state index in [1.807, 2.05) is 36.4 Å². The van der Waals surface area contributed by atoms with Crippen LogP contribution in [0.25, 0.3) is 0 Å². The highest BCUT2D eigenvalue weighted by molar-refractivity contribution is 5.91. The molecule has 1 heterocycles. The molecule has 0 radical (unpaired) electrons. The molecule has 0 aliphatic heterocycles. The molecule has 1 aromatic heterocycles. The maximum Gasteiger partial charge on any atom is 0.267 e. The third-order valence-corrected chi connectivity index (χ3v) is 2.96. The zero-order chi connectivity index (χ0) is 14.4. The van der Waals surface area contributed by atoms with Gasteiger partial charge in [-0.3, -0.25) is 9.78 Å². The summed E-state index contributed by atoms with van der Waals surface area (Å²) in [6.07, 6.45) is 2.44. The van der Waals surface area contributed by atoms with Gasteiger partial charge in [0, 0.05) is 24.1 Å². The summed E-state index contributed by atoms with van der Waals surface area (Å²) in [4.78, 5) is 17.3. The van der Waals surface area contributed by atoms with Crippen LogP contribution in [0.2, 0.25) is 0 Å². The number of aromatic nitrogens is 1. The smallest absolute Gasteiger partial charge is 0.267 e. The van der Waals surface area contributed by atoms with Crippen molar-refractivity contribution in [2.24, 2.45) is 11.5 Å². The lowest BCUT2D eigenvalue weighted by Gasteiger charge is -2.25. The lowest BCUT2D eigenvalue weighted by molar-refractivity contribution is 0.0995. The van der Waals surface area contributed by atoms with E-state index in [2.05, 4.69) is 9.88 Å². The molecule has 5 heteroatoms. The maximum atomic E-state index is 11.2. The molecule has 1 aromatic carbocycles. The minimum absolute atomic E-state index is 0.260. The number of primary amides is 1. The van der Waals surface area contributed by atoms with E-state index in [9.17, 15) is 4.79 Å². The van der Waals surface area contributed by atoms with Crippen LogP contribution >= 0.6 is 0 Å². The van der Waals surface area contributed by atoms with E-state index in [0.29, 0.717) is 6.54 Å². The average Bonchev–Trinajstić information content (AvgIpc) is 2.49. The van der Waals surface area contributed by atoms with Gasteiger partial charge in [-0.05, 0) is 37.2 Å². The molecule has 2 aromatic rings. The predicted molar refractivity (Wildman–Crippen MR) is 79.9 cm³/mol. The van der Waals surface area contributed by atoms with Gasteiger partial charge >= 0.3 is 0 Å². The van der Waals surface area contributed by atoms with Gasteiger partial charge in [0.15, 0.2) is 0 Å². The Morgan fingerprint density at radius 1 is 1.15 bits per heavy atom. The number of hydrogen-bond acceptors (Lipinski definition) is 4. The monoisotopic (exact) mass is 270 g/mol. The minimum atomic E-state index is -0.529. The third kappa shape index (κ3) is 3.33. The molecule has 0 aliphatic carbocycles. The molecule has 0 bridgehead atoms. The Bertz CT molecular complexity index is 571. The molecule has 2 rings (SSSR count).